The lowest BCUT2D eigenvalue weighted by molar-refractivity contribution is 0.380. The first kappa shape index (κ1) is 12.8. The predicted octanol–water partition coefficient (Wildman–Crippen LogP) is 3.25. The van der Waals surface area contributed by atoms with Crippen molar-refractivity contribution in [2.75, 3.05) is 7.11 Å². The zero-order chi connectivity index (χ0) is 13.2. The average molecular weight is 249 g/mol. The molecule has 0 saturated heterocycles. The highest BCUT2D eigenvalue weighted by Crippen LogP contribution is 2.43. The van der Waals surface area contributed by atoms with Crippen LogP contribution in [0.3, 0.4) is 0 Å². The van der Waals surface area contributed by atoms with Gasteiger partial charge in [0.2, 0.25) is 6.08 Å². The van der Waals surface area contributed by atoms with Crippen molar-refractivity contribution in [3.05, 3.63) is 29.1 Å². The first-order valence-electron chi connectivity index (χ1n) is 6.06. The minimum absolute atomic E-state index is 0.206. The van der Waals surface area contributed by atoms with Crippen LogP contribution in [0.15, 0.2) is 17.1 Å². The van der Waals surface area contributed by atoms with Crippen LogP contribution in [0.4, 0.5) is 4.39 Å². The average Bonchev–Trinajstić information content (AvgIpc) is 2.82. The molecule has 3 nitrogen and oxygen atoms in total. The number of rotatable bonds is 3. The number of nitrogens with zero attached hydrogens (tertiary/aromatic N) is 1. The molecule has 1 fully saturated rings. The van der Waals surface area contributed by atoms with Gasteiger partial charge in [0.15, 0.2) is 11.6 Å². The quantitative estimate of drug-likeness (QED) is 0.609. The van der Waals surface area contributed by atoms with Crippen molar-refractivity contribution in [3.8, 4) is 5.75 Å². The molecule has 0 aromatic heterocycles. The zero-order valence-corrected chi connectivity index (χ0v) is 10.6. The normalized spacial score (nSPS) is 17.3. The Labute approximate surface area is 106 Å². The second-order valence-corrected chi connectivity index (χ2v) is 4.75. The number of aryl methyl sites for hydroxylation is 1. The number of aliphatic imine (C=N–C) groups is 1. The number of ether oxygens (including phenoxy) is 1. The van der Waals surface area contributed by atoms with Crippen molar-refractivity contribution in [3.63, 3.8) is 0 Å². The number of carbonyl (C=O) groups excluding carboxylic acids is 1. The number of methoxy groups -OCH3 is 1. The molecular formula is C14H16FNO2. The third-order valence-corrected chi connectivity index (χ3v) is 3.67. The van der Waals surface area contributed by atoms with Gasteiger partial charge in [-0.05, 0) is 37.0 Å². The first-order chi connectivity index (χ1) is 8.63. The summed E-state index contributed by atoms with van der Waals surface area (Å²) in [6, 6.07) is 3.40. The molecule has 0 heterocycles. The van der Waals surface area contributed by atoms with Gasteiger partial charge in [0.25, 0.3) is 0 Å². The standard InChI is InChI=1S/C14H16FNO2/c1-10-7-11(8-12(18-2)13(10)15)14(16-9-17)5-3-4-6-14/h7-8H,3-6H2,1-2H3. The largest absolute Gasteiger partial charge is 0.494 e. The van der Waals surface area contributed by atoms with Crippen molar-refractivity contribution in [1.82, 2.24) is 0 Å². The molecule has 0 atom stereocenters. The molecule has 1 aliphatic carbocycles. The van der Waals surface area contributed by atoms with E-state index in [-0.39, 0.29) is 11.6 Å². The maximum Gasteiger partial charge on any atom is 0.235 e. The Morgan fingerprint density at radius 1 is 1.39 bits per heavy atom. The van der Waals surface area contributed by atoms with Gasteiger partial charge in [0, 0.05) is 0 Å². The second-order valence-electron chi connectivity index (χ2n) is 4.75. The van der Waals surface area contributed by atoms with Crippen LogP contribution in [-0.4, -0.2) is 13.2 Å². The predicted molar refractivity (Wildman–Crippen MR) is 66.0 cm³/mol. The van der Waals surface area contributed by atoms with E-state index in [9.17, 15) is 9.18 Å². The summed E-state index contributed by atoms with van der Waals surface area (Å²) in [5, 5.41) is 0. The molecule has 1 aromatic rings. The second kappa shape index (κ2) is 4.91. The summed E-state index contributed by atoms with van der Waals surface area (Å²) < 4.78 is 18.8. The monoisotopic (exact) mass is 249 g/mol. The van der Waals surface area contributed by atoms with Gasteiger partial charge in [-0.25, -0.2) is 9.18 Å². The molecule has 0 radical (unpaired) electrons. The van der Waals surface area contributed by atoms with Gasteiger partial charge in [-0.15, -0.1) is 0 Å². The fourth-order valence-corrected chi connectivity index (χ4v) is 2.67. The Kier molecular flexibility index (Phi) is 3.48. The summed E-state index contributed by atoms with van der Waals surface area (Å²) in [7, 11) is 1.44. The Bertz CT molecular complexity index is 501. The first-order valence-corrected chi connectivity index (χ1v) is 6.06. The van der Waals surface area contributed by atoms with Crippen LogP contribution in [0.25, 0.3) is 0 Å². The summed E-state index contributed by atoms with van der Waals surface area (Å²) in [5.74, 6) is -0.151. The van der Waals surface area contributed by atoms with Crippen molar-refractivity contribution in [1.29, 1.82) is 0 Å². The molecule has 0 unspecified atom stereocenters. The van der Waals surface area contributed by atoms with E-state index in [0.29, 0.717) is 5.56 Å². The molecule has 4 heteroatoms. The highest BCUT2D eigenvalue weighted by Gasteiger charge is 2.36. The summed E-state index contributed by atoms with van der Waals surface area (Å²) in [5.41, 5.74) is 0.823. The van der Waals surface area contributed by atoms with E-state index in [0.717, 1.165) is 31.2 Å². The summed E-state index contributed by atoms with van der Waals surface area (Å²) in [6.07, 6.45) is 5.30. The fourth-order valence-electron chi connectivity index (χ4n) is 2.67. The number of isocyanates is 1. The van der Waals surface area contributed by atoms with Crippen LogP contribution in [0.1, 0.15) is 36.8 Å². The van der Waals surface area contributed by atoms with Gasteiger partial charge in [0.1, 0.15) is 0 Å². The van der Waals surface area contributed by atoms with E-state index in [1.165, 1.54) is 7.11 Å². The van der Waals surface area contributed by atoms with Crippen molar-refractivity contribution < 1.29 is 13.9 Å². The molecule has 1 aromatic carbocycles. The molecule has 2 rings (SSSR count). The van der Waals surface area contributed by atoms with E-state index >= 15 is 0 Å². The van der Waals surface area contributed by atoms with Crippen LogP contribution < -0.4 is 4.74 Å². The molecule has 0 N–H and O–H groups in total. The van der Waals surface area contributed by atoms with Gasteiger partial charge < -0.3 is 4.74 Å². The third kappa shape index (κ3) is 2.04. The van der Waals surface area contributed by atoms with Crippen molar-refractivity contribution >= 4 is 6.08 Å². The highest BCUT2D eigenvalue weighted by molar-refractivity contribution is 5.43. The number of halogens is 1. The summed E-state index contributed by atoms with van der Waals surface area (Å²) in [6.45, 7) is 1.69. The van der Waals surface area contributed by atoms with E-state index in [1.807, 2.05) is 0 Å². The molecule has 0 spiro atoms. The summed E-state index contributed by atoms with van der Waals surface area (Å²) in [4.78, 5) is 14.6. The van der Waals surface area contributed by atoms with Crippen LogP contribution in [-0.2, 0) is 10.3 Å². The molecule has 1 aliphatic rings. The maximum absolute atomic E-state index is 13.7. The van der Waals surface area contributed by atoms with Crippen molar-refractivity contribution in [2.45, 2.75) is 38.1 Å². The molecule has 0 aliphatic heterocycles. The van der Waals surface area contributed by atoms with Gasteiger partial charge in [-0.3, -0.25) is 0 Å². The van der Waals surface area contributed by atoms with Crippen LogP contribution >= 0.6 is 0 Å². The smallest absolute Gasteiger partial charge is 0.235 e. The van der Waals surface area contributed by atoms with Crippen LogP contribution in [0.2, 0.25) is 0 Å². The van der Waals surface area contributed by atoms with Gasteiger partial charge in [-0.2, -0.15) is 4.99 Å². The number of benzene rings is 1. The molecular weight excluding hydrogens is 233 g/mol. The lowest BCUT2D eigenvalue weighted by Crippen LogP contribution is -2.19. The summed E-state index contributed by atoms with van der Waals surface area (Å²) >= 11 is 0. The number of hydrogen-bond donors (Lipinski definition) is 0. The van der Waals surface area contributed by atoms with Crippen LogP contribution in [0.5, 0.6) is 5.75 Å². The molecule has 0 bridgehead atoms. The lowest BCUT2D eigenvalue weighted by Gasteiger charge is -2.24. The minimum atomic E-state index is -0.534. The van der Waals surface area contributed by atoms with E-state index in [1.54, 1.807) is 25.1 Å². The third-order valence-electron chi connectivity index (χ3n) is 3.67. The minimum Gasteiger partial charge on any atom is -0.494 e. The van der Waals surface area contributed by atoms with Gasteiger partial charge in [0.05, 0.1) is 12.6 Å². The highest BCUT2D eigenvalue weighted by atomic mass is 19.1. The SMILES string of the molecule is COc1cc(C2(N=C=O)CCCC2)cc(C)c1F. The van der Waals surface area contributed by atoms with Gasteiger partial charge >= 0.3 is 0 Å². The fraction of sp³-hybridized carbons (Fsp3) is 0.500. The Morgan fingerprint density at radius 3 is 2.61 bits per heavy atom. The van der Waals surface area contributed by atoms with Crippen LogP contribution in [0, 0.1) is 12.7 Å². The maximum atomic E-state index is 13.7. The molecule has 1 saturated carbocycles. The molecule has 96 valence electrons. The van der Waals surface area contributed by atoms with E-state index in [4.69, 9.17) is 4.74 Å². The zero-order valence-electron chi connectivity index (χ0n) is 10.6. The number of hydrogen-bond acceptors (Lipinski definition) is 3. The topological polar surface area (TPSA) is 38.7 Å². The molecule has 18 heavy (non-hydrogen) atoms. The Balaban J connectivity index is 2.55. The molecule has 0 amide bonds. The van der Waals surface area contributed by atoms with E-state index < -0.39 is 5.54 Å². The Hall–Kier alpha value is -1.67. The van der Waals surface area contributed by atoms with Crippen molar-refractivity contribution in [2.24, 2.45) is 4.99 Å². The Morgan fingerprint density at radius 2 is 2.06 bits per heavy atom. The lowest BCUT2D eigenvalue weighted by atomic mass is 9.87. The van der Waals surface area contributed by atoms with Gasteiger partial charge in [-0.1, -0.05) is 18.9 Å². The van der Waals surface area contributed by atoms with E-state index in [2.05, 4.69) is 4.99 Å².